The van der Waals surface area contributed by atoms with Gasteiger partial charge in [-0.25, -0.2) is 9.50 Å². The summed E-state index contributed by atoms with van der Waals surface area (Å²) in [6, 6.07) is 14.3. The number of pyridine rings is 1. The van der Waals surface area contributed by atoms with Gasteiger partial charge in [-0.1, -0.05) is 18.2 Å². The molecule has 0 radical (unpaired) electrons. The maximum absolute atomic E-state index is 4.76. The van der Waals surface area contributed by atoms with E-state index in [9.17, 15) is 0 Å². The lowest BCUT2D eigenvalue weighted by molar-refractivity contribution is 0.936. The molecule has 130 valence electrons. The summed E-state index contributed by atoms with van der Waals surface area (Å²) in [4.78, 5) is 11.0. The Labute approximate surface area is 152 Å². The standard InChI is InChI=1S/C20H20N6/c1-25(2)17-7-3-6-16(11-17)18-14-23-26-10-8-19(24-20(18)26)22-13-15-5-4-9-21-12-15/h3-12,14H,13H2,1-2H3,(H,22,24). The summed E-state index contributed by atoms with van der Waals surface area (Å²) in [6.07, 6.45) is 7.41. The molecule has 0 aliphatic heterocycles. The predicted octanol–water partition coefficient (Wildman–Crippen LogP) is 3.47. The van der Waals surface area contributed by atoms with Crippen LogP contribution in [0.15, 0.2) is 67.3 Å². The number of hydrogen-bond donors (Lipinski definition) is 1. The molecule has 4 aromatic rings. The van der Waals surface area contributed by atoms with Gasteiger partial charge in [-0.15, -0.1) is 0 Å². The molecule has 0 unspecified atom stereocenters. The van der Waals surface area contributed by atoms with E-state index in [2.05, 4.69) is 44.6 Å². The molecular formula is C20H20N6. The molecular weight excluding hydrogens is 324 g/mol. The molecule has 0 fully saturated rings. The van der Waals surface area contributed by atoms with Gasteiger partial charge in [0.2, 0.25) is 0 Å². The Balaban J connectivity index is 1.65. The van der Waals surface area contributed by atoms with Crippen LogP contribution in [0, 0.1) is 0 Å². The Kier molecular flexibility index (Phi) is 4.23. The zero-order chi connectivity index (χ0) is 17.9. The number of aromatic nitrogens is 4. The van der Waals surface area contributed by atoms with Crippen LogP contribution in [0.5, 0.6) is 0 Å². The monoisotopic (exact) mass is 344 g/mol. The summed E-state index contributed by atoms with van der Waals surface area (Å²) < 4.78 is 1.80. The Morgan fingerprint density at radius 2 is 2.00 bits per heavy atom. The van der Waals surface area contributed by atoms with Gasteiger partial charge in [-0.2, -0.15) is 5.10 Å². The third-order valence-electron chi connectivity index (χ3n) is 4.24. The minimum atomic E-state index is 0.677. The van der Waals surface area contributed by atoms with Gasteiger partial charge in [0.05, 0.1) is 6.20 Å². The highest BCUT2D eigenvalue weighted by Gasteiger charge is 2.10. The van der Waals surface area contributed by atoms with Gasteiger partial charge in [0.1, 0.15) is 5.82 Å². The molecule has 0 atom stereocenters. The Hall–Kier alpha value is -3.41. The molecule has 3 heterocycles. The fourth-order valence-corrected chi connectivity index (χ4v) is 2.82. The van der Waals surface area contributed by atoms with Gasteiger partial charge >= 0.3 is 0 Å². The van der Waals surface area contributed by atoms with Gasteiger partial charge < -0.3 is 10.2 Å². The smallest absolute Gasteiger partial charge is 0.165 e. The minimum absolute atomic E-state index is 0.677. The number of nitrogens with one attached hydrogen (secondary N) is 1. The van der Waals surface area contributed by atoms with Gasteiger partial charge in [0, 0.05) is 50.5 Å². The van der Waals surface area contributed by atoms with Crippen LogP contribution in [0.4, 0.5) is 11.5 Å². The lowest BCUT2D eigenvalue weighted by atomic mass is 10.1. The molecule has 3 aromatic heterocycles. The molecule has 0 aliphatic carbocycles. The van der Waals surface area contributed by atoms with E-state index < -0.39 is 0 Å². The fraction of sp³-hybridized carbons (Fsp3) is 0.150. The average Bonchev–Trinajstić information content (AvgIpc) is 3.10. The molecule has 6 nitrogen and oxygen atoms in total. The van der Waals surface area contributed by atoms with Crippen molar-refractivity contribution < 1.29 is 0 Å². The third-order valence-corrected chi connectivity index (χ3v) is 4.24. The first kappa shape index (κ1) is 16.1. The zero-order valence-corrected chi connectivity index (χ0v) is 14.8. The van der Waals surface area contributed by atoms with Crippen LogP contribution in [0.3, 0.4) is 0 Å². The van der Waals surface area contributed by atoms with Crippen molar-refractivity contribution in [1.29, 1.82) is 0 Å². The Morgan fingerprint density at radius 3 is 2.81 bits per heavy atom. The normalized spacial score (nSPS) is 10.8. The van der Waals surface area contributed by atoms with Gasteiger partial charge in [0.25, 0.3) is 0 Å². The first-order valence-electron chi connectivity index (χ1n) is 8.45. The number of rotatable bonds is 5. The predicted molar refractivity (Wildman–Crippen MR) is 104 cm³/mol. The van der Waals surface area contributed by atoms with E-state index in [0.717, 1.165) is 33.8 Å². The van der Waals surface area contributed by atoms with Crippen LogP contribution in [0.25, 0.3) is 16.8 Å². The summed E-state index contributed by atoms with van der Waals surface area (Å²) >= 11 is 0. The molecule has 0 bridgehead atoms. The minimum Gasteiger partial charge on any atom is -0.378 e. The molecule has 0 saturated heterocycles. The van der Waals surface area contributed by atoms with Gasteiger partial charge in [-0.05, 0) is 35.4 Å². The quantitative estimate of drug-likeness (QED) is 0.601. The number of nitrogens with zero attached hydrogens (tertiary/aromatic N) is 5. The molecule has 0 aliphatic rings. The molecule has 0 amide bonds. The highest BCUT2D eigenvalue weighted by atomic mass is 15.2. The maximum atomic E-state index is 4.76. The summed E-state index contributed by atoms with van der Waals surface area (Å²) in [5.41, 5.74) is 5.20. The molecule has 1 N–H and O–H groups in total. The molecule has 4 rings (SSSR count). The maximum Gasteiger partial charge on any atom is 0.165 e. The topological polar surface area (TPSA) is 58.4 Å². The van der Waals surface area contributed by atoms with Crippen LogP contribution in [0.2, 0.25) is 0 Å². The highest BCUT2D eigenvalue weighted by Crippen LogP contribution is 2.27. The summed E-state index contributed by atoms with van der Waals surface area (Å²) in [7, 11) is 4.07. The van der Waals surface area contributed by atoms with Crippen LogP contribution in [-0.2, 0) is 6.54 Å². The first-order chi connectivity index (χ1) is 12.7. The summed E-state index contributed by atoms with van der Waals surface area (Å²) in [5.74, 6) is 0.812. The lowest BCUT2D eigenvalue weighted by Gasteiger charge is -2.13. The van der Waals surface area contributed by atoms with Crippen molar-refractivity contribution in [2.45, 2.75) is 6.54 Å². The zero-order valence-electron chi connectivity index (χ0n) is 14.8. The second-order valence-electron chi connectivity index (χ2n) is 6.30. The van der Waals surface area contributed by atoms with Crippen LogP contribution in [0.1, 0.15) is 5.56 Å². The van der Waals surface area contributed by atoms with Gasteiger partial charge in [-0.3, -0.25) is 4.98 Å². The number of benzene rings is 1. The van der Waals surface area contributed by atoms with Crippen LogP contribution < -0.4 is 10.2 Å². The average molecular weight is 344 g/mol. The number of hydrogen-bond acceptors (Lipinski definition) is 5. The second kappa shape index (κ2) is 6.84. The van der Waals surface area contributed by atoms with Crippen LogP contribution >= 0.6 is 0 Å². The SMILES string of the molecule is CN(C)c1cccc(-c2cnn3ccc(NCc4cccnc4)nc23)c1. The van der Waals surface area contributed by atoms with Crippen molar-refractivity contribution in [3.8, 4) is 11.1 Å². The van der Waals surface area contributed by atoms with E-state index in [4.69, 9.17) is 4.98 Å². The summed E-state index contributed by atoms with van der Waals surface area (Å²) in [6.45, 7) is 0.677. The van der Waals surface area contributed by atoms with Crippen molar-refractivity contribution in [2.24, 2.45) is 0 Å². The number of fused-ring (bicyclic) bond motifs is 1. The molecule has 26 heavy (non-hydrogen) atoms. The Bertz CT molecular complexity index is 1020. The van der Waals surface area contributed by atoms with E-state index in [0.29, 0.717) is 6.54 Å². The Morgan fingerprint density at radius 1 is 1.08 bits per heavy atom. The second-order valence-corrected chi connectivity index (χ2v) is 6.30. The van der Waals surface area contributed by atoms with Crippen molar-refractivity contribution in [3.63, 3.8) is 0 Å². The van der Waals surface area contributed by atoms with Crippen molar-refractivity contribution >= 4 is 17.2 Å². The fourth-order valence-electron chi connectivity index (χ4n) is 2.82. The van der Waals surface area contributed by atoms with Crippen LogP contribution in [-0.4, -0.2) is 33.7 Å². The largest absolute Gasteiger partial charge is 0.378 e. The van der Waals surface area contributed by atoms with E-state index >= 15 is 0 Å². The molecule has 6 heteroatoms. The third kappa shape index (κ3) is 3.21. The first-order valence-corrected chi connectivity index (χ1v) is 8.45. The molecule has 1 aromatic carbocycles. The van der Waals surface area contributed by atoms with E-state index in [1.54, 1.807) is 10.7 Å². The van der Waals surface area contributed by atoms with E-state index in [1.807, 2.05) is 50.9 Å². The highest BCUT2D eigenvalue weighted by molar-refractivity contribution is 5.79. The molecule has 0 saturated carbocycles. The molecule has 0 spiro atoms. The summed E-state index contributed by atoms with van der Waals surface area (Å²) in [5, 5.41) is 7.78. The van der Waals surface area contributed by atoms with Crippen molar-refractivity contribution in [1.82, 2.24) is 19.6 Å². The van der Waals surface area contributed by atoms with E-state index in [1.165, 1.54) is 0 Å². The van der Waals surface area contributed by atoms with Gasteiger partial charge in [0.15, 0.2) is 5.65 Å². The lowest BCUT2D eigenvalue weighted by Crippen LogP contribution is -2.08. The van der Waals surface area contributed by atoms with E-state index in [-0.39, 0.29) is 0 Å². The van der Waals surface area contributed by atoms with Crippen molar-refractivity contribution in [3.05, 3.63) is 72.8 Å². The number of anilines is 2. The van der Waals surface area contributed by atoms with Crippen molar-refractivity contribution in [2.75, 3.05) is 24.3 Å².